The number of hydrogen-bond donors (Lipinski definition) is 0. The van der Waals surface area contributed by atoms with Gasteiger partial charge in [-0.1, -0.05) is 23.2 Å². The van der Waals surface area contributed by atoms with Crippen molar-refractivity contribution in [1.82, 2.24) is 0 Å². The molecule has 1 aromatic rings. The molecule has 3 nitrogen and oxygen atoms in total. The first kappa shape index (κ1) is 14.9. The average Bonchev–Trinajstić information content (AvgIpc) is 2.46. The molecule has 102 valence electrons. The van der Waals surface area contributed by atoms with E-state index >= 15 is 0 Å². The second-order valence-electron chi connectivity index (χ2n) is 5.60. The van der Waals surface area contributed by atoms with Crippen molar-refractivity contribution in [2.75, 3.05) is 0 Å². The molecule has 1 aromatic carbocycles. The normalized spacial score (nSPS) is 20.6. The van der Waals surface area contributed by atoms with Crippen molar-refractivity contribution in [2.45, 2.75) is 38.9 Å². The molecule has 2 rings (SSSR count). The summed E-state index contributed by atoms with van der Waals surface area (Å²) in [7, 11) is -0.634. The van der Waals surface area contributed by atoms with Crippen LogP contribution in [0.2, 0.25) is 10.0 Å². The van der Waals surface area contributed by atoms with Crippen molar-refractivity contribution in [3.05, 3.63) is 27.7 Å². The maximum absolute atomic E-state index is 10.8. The summed E-state index contributed by atoms with van der Waals surface area (Å²) in [6.07, 6.45) is 0.700. The van der Waals surface area contributed by atoms with E-state index in [4.69, 9.17) is 32.5 Å². The highest BCUT2D eigenvalue weighted by atomic mass is 35.5. The van der Waals surface area contributed by atoms with E-state index in [1.54, 1.807) is 12.1 Å². The second-order valence-corrected chi connectivity index (χ2v) is 6.42. The summed E-state index contributed by atoms with van der Waals surface area (Å²) in [5.74, 6) is 0. The molecule has 0 radical (unpaired) electrons. The monoisotopic (exact) mass is 300 g/mol. The first-order valence-corrected chi connectivity index (χ1v) is 6.73. The maximum atomic E-state index is 10.8. The summed E-state index contributed by atoms with van der Waals surface area (Å²) >= 11 is 12.4. The van der Waals surface area contributed by atoms with Crippen LogP contribution in [0.25, 0.3) is 0 Å². The van der Waals surface area contributed by atoms with Gasteiger partial charge in [0.25, 0.3) is 0 Å². The van der Waals surface area contributed by atoms with Crippen LogP contribution in [0, 0.1) is 0 Å². The third-order valence-corrected chi connectivity index (χ3v) is 4.35. The number of halogens is 2. The van der Waals surface area contributed by atoms with Gasteiger partial charge in [0.05, 0.1) is 11.2 Å². The quantitative estimate of drug-likeness (QED) is 0.622. The van der Waals surface area contributed by atoms with Crippen LogP contribution in [0.1, 0.15) is 38.1 Å². The summed E-state index contributed by atoms with van der Waals surface area (Å²) in [6, 6.07) is 3.11. The van der Waals surface area contributed by atoms with Crippen LogP contribution < -0.4 is 5.46 Å². The Balaban J connectivity index is 2.43. The molecule has 1 aliphatic rings. The molecule has 0 unspecified atom stereocenters. The smallest absolute Gasteiger partial charge is 0.399 e. The van der Waals surface area contributed by atoms with Crippen LogP contribution in [0.4, 0.5) is 0 Å². The maximum Gasteiger partial charge on any atom is 0.497 e. The predicted molar refractivity (Wildman–Crippen MR) is 77.6 cm³/mol. The molecule has 0 aliphatic carbocycles. The van der Waals surface area contributed by atoms with Gasteiger partial charge in [0.1, 0.15) is 6.29 Å². The lowest BCUT2D eigenvalue weighted by Gasteiger charge is -2.32. The van der Waals surface area contributed by atoms with E-state index in [1.807, 2.05) is 27.7 Å². The summed E-state index contributed by atoms with van der Waals surface area (Å²) in [5.41, 5.74) is 0.0595. The molecule has 1 fully saturated rings. The van der Waals surface area contributed by atoms with Crippen LogP contribution in [0.5, 0.6) is 0 Å². The third kappa shape index (κ3) is 2.55. The Bertz CT molecular complexity index is 490. The fourth-order valence-electron chi connectivity index (χ4n) is 1.86. The van der Waals surface area contributed by atoms with Crippen molar-refractivity contribution in [2.24, 2.45) is 0 Å². The number of carbonyl (C=O) groups excluding carboxylic acids is 1. The molecule has 1 saturated heterocycles. The van der Waals surface area contributed by atoms with E-state index < -0.39 is 18.3 Å². The lowest BCUT2D eigenvalue weighted by molar-refractivity contribution is 0.00578. The minimum Gasteiger partial charge on any atom is -0.399 e. The standard InChI is InChI=1S/C13H15BCl2O3/c1-12(2)13(3,4)19-14(18-12)11-9(15)5-8(7-17)6-10(11)16/h5-7H,1-4H3. The first-order valence-electron chi connectivity index (χ1n) is 5.98. The highest BCUT2D eigenvalue weighted by Crippen LogP contribution is 2.37. The highest BCUT2D eigenvalue weighted by molar-refractivity contribution is 6.69. The van der Waals surface area contributed by atoms with Crippen molar-refractivity contribution in [3.8, 4) is 0 Å². The van der Waals surface area contributed by atoms with Gasteiger partial charge >= 0.3 is 7.12 Å². The molecule has 0 spiro atoms. The molecule has 0 bridgehead atoms. The van der Waals surface area contributed by atoms with Gasteiger partial charge in [0, 0.05) is 21.1 Å². The second kappa shape index (κ2) is 4.78. The van der Waals surface area contributed by atoms with E-state index in [-0.39, 0.29) is 0 Å². The molecule has 1 heterocycles. The van der Waals surface area contributed by atoms with Gasteiger partial charge in [-0.3, -0.25) is 4.79 Å². The van der Waals surface area contributed by atoms with Gasteiger partial charge in [-0.05, 0) is 39.8 Å². The van der Waals surface area contributed by atoms with Crippen molar-refractivity contribution < 1.29 is 14.1 Å². The average molecular weight is 301 g/mol. The summed E-state index contributed by atoms with van der Waals surface area (Å²) in [6.45, 7) is 7.81. The largest absolute Gasteiger partial charge is 0.497 e. The Hall–Kier alpha value is -0.545. The summed E-state index contributed by atoms with van der Waals surface area (Å²) in [5, 5.41) is 0.737. The molecule has 0 atom stereocenters. The molecular weight excluding hydrogens is 286 g/mol. The van der Waals surface area contributed by atoms with Gasteiger partial charge in [0.2, 0.25) is 0 Å². The van der Waals surface area contributed by atoms with Crippen molar-refractivity contribution >= 4 is 42.1 Å². The van der Waals surface area contributed by atoms with Crippen LogP contribution in [-0.2, 0) is 9.31 Å². The fourth-order valence-corrected chi connectivity index (χ4v) is 2.54. The molecule has 19 heavy (non-hydrogen) atoms. The van der Waals surface area contributed by atoms with E-state index in [1.165, 1.54) is 0 Å². The Kier molecular flexibility index (Phi) is 3.73. The molecule has 0 aromatic heterocycles. The third-order valence-electron chi connectivity index (χ3n) is 3.73. The molecule has 0 amide bonds. The zero-order valence-corrected chi connectivity index (χ0v) is 12.8. The topological polar surface area (TPSA) is 35.5 Å². The van der Waals surface area contributed by atoms with Crippen LogP contribution >= 0.6 is 23.2 Å². The Morgan fingerprint density at radius 1 is 1.05 bits per heavy atom. The first-order chi connectivity index (χ1) is 8.68. The van der Waals surface area contributed by atoms with Crippen molar-refractivity contribution in [3.63, 3.8) is 0 Å². The molecule has 0 N–H and O–H groups in total. The molecule has 6 heteroatoms. The molecular formula is C13H15BCl2O3. The number of carbonyl (C=O) groups is 1. The Morgan fingerprint density at radius 2 is 1.47 bits per heavy atom. The zero-order chi connectivity index (χ0) is 14.4. The van der Waals surface area contributed by atoms with Gasteiger partial charge in [-0.15, -0.1) is 0 Å². The van der Waals surface area contributed by atoms with Gasteiger partial charge < -0.3 is 9.31 Å². The van der Waals surface area contributed by atoms with Gasteiger partial charge in [-0.25, -0.2) is 0 Å². The van der Waals surface area contributed by atoms with Crippen LogP contribution in [0.3, 0.4) is 0 Å². The number of benzene rings is 1. The Labute approximate surface area is 123 Å². The summed E-state index contributed by atoms with van der Waals surface area (Å²) in [4.78, 5) is 10.8. The van der Waals surface area contributed by atoms with Crippen LogP contribution in [-0.4, -0.2) is 24.6 Å². The zero-order valence-electron chi connectivity index (χ0n) is 11.3. The SMILES string of the molecule is CC1(C)OB(c2c(Cl)cc(C=O)cc2Cl)OC1(C)C. The van der Waals surface area contributed by atoms with E-state index in [2.05, 4.69) is 0 Å². The lowest BCUT2D eigenvalue weighted by atomic mass is 9.78. The van der Waals surface area contributed by atoms with Gasteiger partial charge in [0.15, 0.2) is 0 Å². The lowest BCUT2D eigenvalue weighted by Crippen LogP contribution is -2.41. The summed E-state index contributed by atoms with van der Waals surface area (Å²) < 4.78 is 11.8. The van der Waals surface area contributed by atoms with Gasteiger partial charge in [-0.2, -0.15) is 0 Å². The minimum absolute atomic E-state index is 0.369. The van der Waals surface area contributed by atoms with E-state index in [9.17, 15) is 4.79 Å². The number of aldehydes is 1. The Morgan fingerprint density at radius 3 is 1.84 bits per heavy atom. The fraction of sp³-hybridized carbons (Fsp3) is 0.462. The van der Waals surface area contributed by atoms with E-state index in [0.29, 0.717) is 27.4 Å². The number of hydrogen-bond acceptors (Lipinski definition) is 3. The molecule has 0 saturated carbocycles. The van der Waals surface area contributed by atoms with Crippen LogP contribution in [0.15, 0.2) is 12.1 Å². The predicted octanol–water partition coefficient (Wildman–Crippen LogP) is 3.11. The highest BCUT2D eigenvalue weighted by Gasteiger charge is 2.52. The minimum atomic E-state index is -0.634. The van der Waals surface area contributed by atoms with Crippen molar-refractivity contribution in [1.29, 1.82) is 0 Å². The van der Waals surface area contributed by atoms with E-state index in [0.717, 1.165) is 0 Å². The molecule has 1 aliphatic heterocycles. The number of rotatable bonds is 2.